The second-order valence-corrected chi connectivity index (χ2v) is 8.16. The van der Waals surface area contributed by atoms with Crippen LogP contribution in [-0.2, 0) is 6.42 Å². The van der Waals surface area contributed by atoms with Crippen molar-refractivity contribution in [2.45, 2.75) is 47.5 Å². The number of hydrogen-bond acceptors (Lipinski definition) is 4. The number of rotatable bonds is 3. The lowest BCUT2D eigenvalue weighted by Crippen LogP contribution is -2.31. The van der Waals surface area contributed by atoms with Crippen LogP contribution in [0.3, 0.4) is 0 Å². The number of fused-ring (bicyclic) bond motifs is 1. The van der Waals surface area contributed by atoms with Crippen LogP contribution in [0.2, 0.25) is 0 Å². The third-order valence-corrected chi connectivity index (χ3v) is 5.07. The van der Waals surface area contributed by atoms with Crippen molar-refractivity contribution in [1.29, 1.82) is 0 Å². The van der Waals surface area contributed by atoms with Crippen LogP contribution < -0.4 is 16.5 Å². The third kappa shape index (κ3) is 3.93. The number of hydrogen-bond donors (Lipinski definition) is 3. The highest BCUT2D eigenvalue weighted by Crippen LogP contribution is 2.39. The number of benzene rings is 1. The van der Waals surface area contributed by atoms with Crippen molar-refractivity contribution in [3.8, 4) is 0 Å². The Bertz CT molecular complexity index is 986. The van der Waals surface area contributed by atoms with Crippen LogP contribution >= 0.6 is 0 Å². The van der Waals surface area contributed by atoms with Crippen molar-refractivity contribution in [3.05, 3.63) is 52.0 Å². The molecule has 1 heterocycles. The Labute approximate surface area is 164 Å². The van der Waals surface area contributed by atoms with E-state index in [2.05, 4.69) is 29.7 Å². The third-order valence-electron chi connectivity index (χ3n) is 5.07. The van der Waals surface area contributed by atoms with E-state index in [0.717, 1.165) is 16.7 Å². The summed E-state index contributed by atoms with van der Waals surface area (Å²) in [4.78, 5) is 23.9. The standard InChI is InChI=1S/C21H26N4O3/c1-11-6-7-14(8-12(11)2)23-19(26)18-13(3)17-15(24-25-20(22)27)9-21(4,5)10-16(17)28-18/h6-8H,9-10H2,1-5H3,(H,23,26)(H3,22,25,27)/b24-15-. The number of hydrazone groups is 1. The van der Waals surface area contributed by atoms with Crippen LogP contribution in [0.5, 0.6) is 0 Å². The molecule has 1 aromatic heterocycles. The number of furan rings is 1. The summed E-state index contributed by atoms with van der Waals surface area (Å²) in [6.45, 7) is 10.0. The van der Waals surface area contributed by atoms with Gasteiger partial charge in [0.15, 0.2) is 5.76 Å². The highest BCUT2D eigenvalue weighted by Gasteiger charge is 2.36. The van der Waals surface area contributed by atoms with E-state index in [1.807, 2.05) is 39.0 Å². The number of nitrogens with two attached hydrogens (primary N) is 1. The fourth-order valence-corrected chi connectivity index (χ4v) is 3.56. The fraction of sp³-hybridized carbons (Fsp3) is 0.381. The molecule has 1 aromatic carbocycles. The minimum atomic E-state index is -0.730. The smallest absolute Gasteiger partial charge is 0.332 e. The molecule has 28 heavy (non-hydrogen) atoms. The molecule has 3 amide bonds. The first-order chi connectivity index (χ1) is 13.1. The van der Waals surface area contributed by atoms with E-state index in [1.165, 1.54) is 0 Å². The second-order valence-electron chi connectivity index (χ2n) is 8.16. The zero-order valence-electron chi connectivity index (χ0n) is 16.9. The SMILES string of the molecule is Cc1ccc(NC(=O)c2oc3c(c2C)/C(=N\NC(N)=O)CC(C)(C)C3)cc1C. The van der Waals surface area contributed by atoms with Crippen molar-refractivity contribution in [2.24, 2.45) is 16.3 Å². The molecule has 0 radical (unpaired) electrons. The molecule has 0 spiro atoms. The zero-order chi connectivity index (χ0) is 20.6. The van der Waals surface area contributed by atoms with E-state index in [4.69, 9.17) is 10.2 Å². The number of urea groups is 1. The molecule has 0 fully saturated rings. The Balaban J connectivity index is 1.96. The number of anilines is 1. The number of carbonyl (C=O) groups is 2. The lowest BCUT2D eigenvalue weighted by Gasteiger charge is -2.29. The van der Waals surface area contributed by atoms with Gasteiger partial charge in [-0.2, -0.15) is 5.10 Å². The zero-order valence-corrected chi connectivity index (χ0v) is 16.9. The molecule has 1 aliphatic rings. The predicted molar refractivity (Wildman–Crippen MR) is 109 cm³/mol. The number of amides is 3. The first-order valence-corrected chi connectivity index (χ1v) is 9.20. The van der Waals surface area contributed by atoms with Crippen LogP contribution in [0.4, 0.5) is 10.5 Å². The van der Waals surface area contributed by atoms with Gasteiger partial charge in [-0.25, -0.2) is 10.2 Å². The summed E-state index contributed by atoms with van der Waals surface area (Å²) in [5.41, 5.74) is 12.5. The molecular weight excluding hydrogens is 356 g/mol. The summed E-state index contributed by atoms with van der Waals surface area (Å²) in [5, 5.41) is 7.06. The normalized spacial score (nSPS) is 16.5. The van der Waals surface area contributed by atoms with Crippen LogP contribution in [0.1, 0.15) is 58.8 Å². The second kappa shape index (κ2) is 7.14. The highest BCUT2D eigenvalue weighted by molar-refractivity contribution is 6.09. The van der Waals surface area contributed by atoms with E-state index in [0.29, 0.717) is 35.6 Å². The van der Waals surface area contributed by atoms with Gasteiger partial charge in [-0.05, 0) is 55.9 Å². The Morgan fingerprint density at radius 2 is 1.86 bits per heavy atom. The summed E-state index contributed by atoms with van der Waals surface area (Å²) in [6.07, 6.45) is 1.31. The number of nitrogens with zero attached hydrogens (tertiary/aromatic N) is 1. The lowest BCUT2D eigenvalue weighted by atomic mass is 9.75. The average molecular weight is 382 g/mol. The monoisotopic (exact) mass is 382 g/mol. The van der Waals surface area contributed by atoms with Gasteiger partial charge >= 0.3 is 6.03 Å². The summed E-state index contributed by atoms with van der Waals surface area (Å²) in [5.74, 6) is 0.645. The largest absolute Gasteiger partial charge is 0.455 e. The maximum absolute atomic E-state index is 12.8. The molecule has 2 aromatic rings. The number of primary amides is 1. The van der Waals surface area contributed by atoms with Gasteiger partial charge in [0.05, 0.1) is 5.71 Å². The molecule has 4 N–H and O–H groups in total. The maximum Gasteiger partial charge on any atom is 0.332 e. The van der Waals surface area contributed by atoms with Crippen molar-refractivity contribution >= 4 is 23.3 Å². The van der Waals surface area contributed by atoms with Gasteiger partial charge in [-0.3, -0.25) is 4.79 Å². The Morgan fingerprint density at radius 3 is 2.50 bits per heavy atom. The first kappa shape index (κ1) is 19.7. The van der Waals surface area contributed by atoms with Crippen LogP contribution in [0.15, 0.2) is 27.7 Å². The summed E-state index contributed by atoms with van der Waals surface area (Å²) in [7, 11) is 0. The quantitative estimate of drug-likeness (QED) is 0.702. The molecule has 0 unspecified atom stereocenters. The first-order valence-electron chi connectivity index (χ1n) is 9.20. The molecule has 7 heteroatoms. The predicted octanol–water partition coefficient (Wildman–Crippen LogP) is 3.80. The van der Waals surface area contributed by atoms with Gasteiger partial charge in [0, 0.05) is 23.2 Å². The van der Waals surface area contributed by atoms with Gasteiger partial charge in [-0.15, -0.1) is 0 Å². The molecule has 7 nitrogen and oxygen atoms in total. The summed E-state index contributed by atoms with van der Waals surface area (Å²) < 4.78 is 5.96. The Morgan fingerprint density at radius 1 is 1.14 bits per heavy atom. The van der Waals surface area contributed by atoms with E-state index >= 15 is 0 Å². The average Bonchev–Trinajstić information content (AvgIpc) is 2.91. The molecule has 0 bridgehead atoms. The molecule has 1 aliphatic carbocycles. The van der Waals surface area contributed by atoms with Crippen LogP contribution in [-0.4, -0.2) is 17.6 Å². The van der Waals surface area contributed by atoms with E-state index < -0.39 is 6.03 Å². The van der Waals surface area contributed by atoms with Crippen LogP contribution in [0.25, 0.3) is 0 Å². The number of carbonyl (C=O) groups excluding carboxylic acids is 2. The molecular formula is C21H26N4O3. The van der Waals surface area contributed by atoms with Crippen molar-refractivity contribution in [1.82, 2.24) is 5.43 Å². The number of aryl methyl sites for hydroxylation is 2. The van der Waals surface area contributed by atoms with E-state index in [-0.39, 0.29) is 17.1 Å². The molecule has 148 valence electrons. The van der Waals surface area contributed by atoms with Gasteiger partial charge < -0.3 is 15.5 Å². The molecule has 0 atom stereocenters. The maximum atomic E-state index is 12.8. The highest BCUT2D eigenvalue weighted by atomic mass is 16.4. The van der Waals surface area contributed by atoms with Crippen molar-refractivity contribution < 1.29 is 14.0 Å². The van der Waals surface area contributed by atoms with Crippen molar-refractivity contribution in [2.75, 3.05) is 5.32 Å². The Hall–Kier alpha value is -3.09. The molecule has 0 saturated heterocycles. The van der Waals surface area contributed by atoms with Gasteiger partial charge in [-0.1, -0.05) is 19.9 Å². The Kier molecular flexibility index (Phi) is 5.02. The lowest BCUT2D eigenvalue weighted by molar-refractivity contribution is 0.0993. The minimum Gasteiger partial charge on any atom is -0.455 e. The summed E-state index contributed by atoms with van der Waals surface area (Å²) >= 11 is 0. The number of nitrogens with one attached hydrogen (secondary N) is 2. The summed E-state index contributed by atoms with van der Waals surface area (Å²) in [6, 6.07) is 5.03. The van der Waals surface area contributed by atoms with E-state index in [1.54, 1.807) is 0 Å². The van der Waals surface area contributed by atoms with Gasteiger partial charge in [0.2, 0.25) is 0 Å². The fourth-order valence-electron chi connectivity index (χ4n) is 3.56. The van der Waals surface area contributed by atoms with Gasteiger partial charge in [0.25, 0.3) is 5.91 Å². The van der Waals surface area contributed by atoms with E-state index in [9.17, 15) is 9.59 Å². The van der Waals surface area contributed by atoms with Crippen LogP contribution in [0, 0.1) is 26.2 Å². The van der Waals surface area contributed by atoms with Gasteiger partial charge in [0.1, 0.15) is 5.76 Å². The molecule has 3 rings (SSSR count). The molecule has 0 saturated carbocycles. The topological polar surface area (TPSA) is 110 Å². The molecule has 0 aliphatic heterocycles. The van der Waals surface area contributed by atoms with Crippen molar-refractivity contribution in [3.63, 3.8) is 0 Å². The minimum absolute atomic E-state index is 0.114.